The Labute approximate surface area is 88.7 Å². The molecule has 0 unspecified atom stereocenters. The van der Waals surface area contributed by atoms with E-state index in [4.69, 9.17) is 0 Å². The van der Waals surface area contributed by atoms with E-state index in [2.05, 4.69) is 15.9 Å². The molecule has 0 aliphatic carbocycles. The van der Waals surface area contributed by atoms with Crippen molar-refractivity contribution in [2.24, 2.45) is 0 Å². The average molecular weight is 253 g/mol. The SMILES string of the molecule is O=Cc1cccc2c(F)ccc(Br)c12. The van der Waals surface area contributed by atoms with E-state index in [1.165, 1.54) is 6.07 Å². The summed E-state index contributed by atoms with van der Waals surface area (Å²) in [7, 11) is 0. The molecule has 0 aromatic heterocycles. The number of hydrogen-bond donors (Lipinski definition) is 0. The van der Waals surface area contributed by atoms with Gasteiger partial charge in [-0.2, -0.15) is 0 Å². The molecular formula is C11H6BrFO. The van der Waals surface area contributed by atoms with Crippen LogP contribution < -0.4 is 0 Å². The number of benzene rings is 2. The van der Waals surface area contributed by atoms with Crippen molar-refractivity contribution in [3.05, 3.63) is 46.2 Å². The molecule has 0 saturated heterocycles. The number of hydrogen-bond acceptors (Lipinski definition) is 1. The van der Waals surface area contributed by atoms with Gasteiger partial charge in [0.05, 0.1) is 0 Å². The second kappa shape index (κ2) is 3.50. The van der Waals surface area contributed by atoms with Crippen LogP contribution in [0.1, 0.15) is 10.4 Å². The van der Waals surface area contributed by atoms with Gasteiger partial charge < -0.3 is 0 Å². The van der Waals surface area contributed by atoms with Gasteiger partial charge in [-0.1, -0.05) is 34.1 Å². The van der Waals surface area contributed by atoms with Crippen molar-refractivity contribution in [1.29, 1.82) is 0 Å². The first-order valence-corrected chi connectivity index (χ1v) is 4.85. The Morgan fingerprint density at radius 1 is 1.21 bits per heavy atom. The molecule has 0 aliphatic heterocycles. The largest absolute Gasteiger partial charge is 0.298 e. The molecule has 14 heavy (non-hydrogen) atoms. The molecule has 2 rings (SSSR count). The molecule has 0 fully saturated rings. The first kappa shape index (κ1) is 9.34. The van der Waals surface area contributed by atoms with Crippen LogP contribution in [0.25, 0.3) is 10.8 Å². The molecule has 0 saturated carbocycles. The Bertz CT molecular complexity index is 508. The summed E-state index contributed by atoms with van der Waals surface area (Å²) in [6.45, 7) is 0. The molecule has 2 aromatic rings. The van der Waals surface area contributed by atoms with Crippen molar-refractivity contribution >= 4 is 33.0 Å². The van der Waals surface area contributed by atoms with Gasteiger partial charge in [-0.05, 0) is 12.1 Å². The Kier molecular flexibility index (Phi) is 2.33. The smallest absolute Gasteiger partial charge is 0.150 e. The first-order chi connectivity index (χ1) is 6.74. The molecule has 0 amide bonds. The topological polar surface area (TPSA) is 17.1 Å². The van der Waals surface area contributed by atoms with Crippen LogP contribution in [0, 0.1) is 5.82 Å². The van der Waals surface area contributed by atoms with Gasteiger partial charge in [-0.3, -0.25) is 4.79 Å². The minimum Gasteiger partial charge on any atom is -0.298 e. The van der Waals surface area contributed by atoms with E-state index in [1.807, 2.05) is 0 Å². The molecule has 3 heteroatoms. The highest BCUT2D eigenvalue weighted by molar-refractivity contribution is 9.10. The van der Waals surface area contributed by atoms with E-state index in [9.17, 15) is 9.18 Å². The number of halogens is 2. The third-order valence-corrected chi connectivity index (χ3v) is 2.76. The van der Waals surface area contributed by atoms with Gasteiger partial charge in [0.15, 0.2) is 6.29 Å². The van der Waals surface area contributed by atoms with E-state index >= 15 is 0 Å². The molecule has 0 heterocycles. The van der Waals surface area contributed by atoms with Crippen LogP contribution in [-0.2, 0) is 0 Å². The summed E-state index contributed by atoms with van der Waals surface area (Å²) in [5.74, 6) is -0.313. The summed E-state index contributed by atoms with van der Waals surface area (Å²) < 4.78 is 14.1. The summed E-state index contributed by atoms with van der Waals surface area (Å²) in [6.07, 6.45) is 0.729. The zero-order valence-corrected chi connectivity index (χ0v) is 8.71. The molecule has 2 aromatic carbocycles. The lowest BCUT2D eigenvalue weighted by atomic mass is 10.1. The summed E-state index contributed by atoms with van der Waals surface area (Å²) in [4.78, 5) is 10.7. The van der Waals surface area contributed by atoms with Gasteiger partial charge in [0.2, 0.25) is 0 Å². The number of carbonyl (C=O) groups is 1. The Morgan fingerprint density at radius 3 is 2.71 bits per heavy atom. The maximum atomic E-state index is 13.3. The van der Waals surface area contributed by atoms with Gasteiger partial charge in [0, 0.05) is 20.8 Å². The fourth-order valence-corrected chi connectivity index (χ4v) is 2.03. The van der Waals surface area contributed by atoms with E-state index < -0.39 is 0 Å². The fourth-order valence-electron chi connectivity index (χ4n) is 1.45. The zero-order chi connectivity index (χ0) is 10.1. The third kappa shape index (κ3) is 1.34. The van der Waals surface area contributed by atoms with E-state index in [0.717, 1.165) is 10.8 Å². The number of rotatable bonds is 1. The molecule has 0 atom stereocenters. The molecule has 0 radical (unpaired) electrons. The Balaban J connectivity index is 2.99. The van der Waals surface area contributed by atoms with Crippen LogP contribution in [-0.4, -0.2) is 6.29 Å². The Hall–Kier alpha value is -1.22. The predicted octanol–water partition coefficient (Wildman–Crippen LogP) is 3.55. The lowest BCUT2D eigenvalue weighted by Crippen LogP contribution is -1.87. The lowest BCUT2D eigenvalue weighted by molar-refractivity contribution is 0.112. The van der Waals surface area contributed by atoms with Gasteiger partial charge in [0.25, 0.3) is 0 Å². The summed E-state index contributed by atoms with van der Waals surface area (Å²) >= 11 is 3.30. The average Bonchev–Trinajstić information content (AvgIpc) is 2.23. The predicted molar refractivity (Wildman–Crippen MR) is 57.0 cm³/mol. The summed E-state index contributed by atoms with van der Waals surface area (Å²) in [5.41, 5.74) is 0.494. The number of carbonyl (C=O) groups excluding carboxylic acids is 1. The van der Waals surface area contributed by atoms with Crippen molar-refractivity contribution in [1.82, 2.24) is 0 Å². The van der Waals surface area contributed by atoms with Gasteiger partial charge in [0.1, 0.15) is 5.82 Å². The summed E-state index contributed by atoms with van der Waals surface area (Å²) in [5, 5.41) is 1.09. The highest BCUT2D eigenvalue weighted by Gasteiger charge is 2.07. The van der Waals surface area contributed by atoms with E-state index in [0.29, 0.717) is 16.3 Å². The van der Waals surface area contributed by atoms with Crippen molar-refractivity contribution in [2.45, 2.75) is 0 Å². The van der Waals surface area contributed by atoms with Crippen LogP contribution in [0.5, 0.6) is 0 Å². The van der Waals surface area contributed by atoms with Crippen LogP contribution in [0.4, 0.5) is 4.39 Å². The highest BCUT2D eigenvalue weighted by atomic mass is 79.9. The van der Waals surface area contributed by atoms with Crippen molar-refractivity contribution in [3.8, 4) is 0 Å². The van der Waals surface area contributed by atoms with Gasteiger partial charge in [-0.25, -0.2) is 4.39 Å². The maximum Gasteiger partial charge on any atom is 0.150 e. The Morgan fingerprint density at radius 2 is 2.00 bits per heavy atom. The zero-order valence-electron chi connectivity index (χ0n) is 7.13. The second-order valence-electron chi connectivity index (χ2n) is 2.92. The van der Waals surface area contributed by atoms with Crippen molar-refractivity contribution in [3.63, 3.8) is 0 Å². The molecule has 0 N–H and O–H groups in total. The minimum atomic E-state index is -0.313. The van der Waals surface area contributed by atoms with Crippen LogP contribution in [0.2, 0.25) is 0 Å². The number of aldehydes is 1. The monoisotopic (exact) mass is 252 g/mol. The van der Waals surface area contributed by atoms with Crippen LogP contribution in [0.3, 0.4) is 0 Å². The first-order valence-electron chi connectivity index (χ1n) is 4.06. The second-order valence-corrected chi connectivity index (χ2v) is 3.77. The molecule has 0 spiro atoms. The van der Waals surface area contributed by atoms with E-state index in [1.54, 1.807) is 24.3 Å². The van der Waals surface area contributed by atoms with Crippen LogP contribution in [0.15, 0.2) is 34.8 Å². The third-order valence-electron chi connectivity index (χ3n) is 2.10. The quantitative estimate of drug-likeness (QED) is 0.710. The molecule has 70 valence electrons. The van der Waals surface area contributed by atoms with E-state index in [-0.39, 0.29) is 5.82 Å². The summed E-state index contributed by atoms with van der Waals surface area (Å²) in [6, 6.07) is 7.97. The maximum absolute atomic E-state index is 13.3. The van der Waals surface area contributed by atoms with Crippen molar-refractivity contribution in [2.75, 3.05) is 0 Å². The highest BCUT2D eigenvalue weighted by Crippen LogP contribution is 2.28. The lowest BCUT2D eigenvalue weighted by Gasteiger charge is -2.03. The normalized spacial score (nSPS) is 10.4. The molecule has 0 bridgehead atoms. The minimum absolute atomic E-state index is 0.313. The standard InChI is InChI=1S/C11H6BrFO/c12-9-4-5-10(13)8-3-1-2-7(6-14)11(8)9/h1-6H. The molecule has 1 nitrogen and oxygen atoms in total. The van der Waals surface area contributed by atoms with Gasteiger partial charge >= 0.3 is 0 Å². The van der Waals surface area contributed by atoms with Crippen LogP contribution >= 0.6 is 15.9 Å². The van der Waals surface area contributed by atoms with Gasteiger partial charge in [-0.15, -0.1) is 0 Å². The molecular weight excluding hydrogens is 247 g/mol. The van der Waals surface area contributed by atoms with Crippen molar-refractivity contribution < 1.29 is 9.18 Å². The molecule has 0 aliphatic rings. The number of fused-ring (bicyclic) bond motifs is 1. The fraction of sp³-hybridized carbons (Fsp3) is 0.